The lowest BCUT2D eigenvalue weighted by Gasteiger charge is -2.30. The van der Waals surface area contributed by atoms with E-state index in [-0.39, 0.29) is 31.1 Å². The number of carbonyl (C=O) groups excluding carboxylic acids is 3. The molecule has 1 saturated carbocycles. The fraction of sp³-hybridized carbons (Fsp3) is 0.567. The third-order valence-electron chi connectivity index (χ3n) is 8.19. The van der Waals surface area contributed by atoms with Crippen molar-refractivity contribution in [3.8, 4) is 11.4 Å². The van der Waals surface area contributed by atoms with E-state index in [9.17, 15) is 28.7 Å². The molecule has 3 heterocycles. The number of carboxylic acids is 1. The molecule has 14 heteroatoms. The lowest BCUT2D eigenvalue weighted by molar-refractivity contribution is -0.145. The summed E-state index contributed by atoms with van der Waals surface area (Å²) in [6.45, 7) is 5.18. The Labute approximate surface area is 254 Å². The highest BCUT2D eigenvalue weighted by atomic mass is 19.1. The van der Waals surface area contributed by atoms with Crippen LogP contribution in [-0.4, -0.2) is 83.9 Å². The summed E-state index contributed by atoms with van der Waals surface area (Å²) in [6, 6.07) is 3.00. The van der Waals surface area contributed by atoms with Gasteiger partial charge in [0.15, 0.2) is 0 Å². The van der Waals surface area contributed by atoms with Crippen LogP contribution in [0.25, 0.3) is 11.4 Å². The predicted molar refractivity (Wildman–Crippen MR) is 154 cm³/mol. The molecule has 1 aromatic heterocycles. The molecule has 1 saturated heterocycles. The molecule has 1 aromatic carbocycles. The zero-order valence-electron chi connectivity index (χ0n) is 25.0. The third-order valence-corrected chi connectivity index (χ3v) is 8.19. The Hall–Kier alpha value is -4.36. The number of ether oxygens (including phenoxy) is 1. The Kier molecular flexibility index (Phi) is 8.71. The van der Waals surface area contributed by atoms with Crippen molar-refractivity contribution < 1.29 is 33.4 Å². The van der Waals surface area contributed by atoms with Crippen LogP contribution in [0.1, 0.15) is 71.8 Å². The van der Waals surface area contributed by atoms with E-state index in [1.54, 1.807) is 20.8 Å². The minimum atomic E-state index is -1.45. The quantitative estimate of drug-likeness (QED) is 0.440. The molecular formula is C30H38FN7O6. The number of amides is 3. The van der Waals surface area contributed by atoms with Crippen LogP contribution < -0.4 is 10.6 Å². The molecule has 3 N–H and O–H groups in total. The van der Waals surface area contributed by atoms with Crippen molar-refractivity contribution in [1.29, 1.82) is 0 Å². The van der Waals surface area contributed by atoms with Crippen LogP contribution in [0.4, 0.5) is 9.18 Å². The Morgan fingerprint density at radius 3 is 2.61 bits per heavy atom. The molecule has 5 atom stereocenters. The number of carboxylic acid groups (broad SMARTS) is 1. The first-order valence-electron chi connectivity index (χ1n) is 14.9. The highest BCUT2D eigenvalue weighted by Gasteiger charge is 2.61. The summed E-state index contributed by atoms with van der Waals surface area (Å²) in [5.41, 5.74) is -1.69. The molecule has 0 bridgehead atoms. The van der Waals surface area contributed by atoms with Gasteiger partial charge in [-0.15, -0.1) is 10.2 Å². The number of aromatic nitrogens is 4. The molecule has 236 valence electrons. The van der Waals surface area contributed by atoms with Crippen molar-refractivity contribution >= 4 is 23.9 Å². The molecule has 3 aliphatic rings. The van der Waals surface area contributed by atoms with Gasteiger partial charge in [-0.1, -0.05) is 25.0 Å². The third kappa shape index (κ3) is 6.89. The minimum absolute atomic E-state index is 0.0199. The van der Waals surface area contributed by atoms with E-state index in [0.717, 1.165) is 19.3 Å². The van der Waals surface area contributed by atoms with Gasteiger partial charge in [-0.25, -0.2) is 14.0 Å². The number of carbonyl (C=O) groups is 4. The van der Waals surface area contributed by atoms with E-state index in [1.165, 1.54) is 34.0 Å². The van der Waals surface area contributed by atoms with Gasteiger partial charge in [-0.3, -0.25) is 9.59 Å². The van der Waals surface area contributed by atoms with E-state index in [2.05, 4.69) is 26.0 Å². The maximum atomic E-state index is 14.1. The molecule has 5 rings (SSSR count). The van der Waals surface area contributed by atoms with Crippen LogP contribution in [0.3, 0.4) is 0 Å². The molecule has 1 aliphatic carbocycles. The summed E-state index contributed by atoms with van der Waals surface area (Å²) in [7, 11) is 0. The lowest BCUT2D eigenvalue weighted by Crippen LogP contribution is -2.56. The van der Waals surface area contributed by atoms with Gasteiger partial charge in [-0.2, -0.15) is 4.80 Å². The van der Waals surface area contributed by atoms with E-state index in [0.29, 0.717) is 18.4 Å². The van der Waals surface area contributed by atoms with Gasteiger partial charge < -0.3 is 25.4 Å². The van der Waals surface area contributed by atoms with Gasteiger partial charge in [0.2, 0.25) is 17.6 Å². The van der Waals surface area contributed by atoms with Crippen LogP contribution in [0.15, 0.2) is 36.4 Å². The molecule has 44 heavy (non-hydrogen) atoms. The van der Waals surface area contributed by atoms with E-state index >= 15 is 0 Å². The molecule has 0 radical (unpaired) electrons. The summed E-state index contributed by atoms with van der Waals surface area (Å²) in [4.78, 5) is 55.6. The van der Waals surface area contributed by atoms with Crippen LogP contribution >= 0.6 is 0 Å². The summed E-state index contributed by atoms with van der Waals surface area (Å²) in [5.74, 6) is -2.75. The van der Waals surface area contributed by atoms with E-state index in [4.69, 9.17) is 4.74 Å². The average molecular weight is 612 g/mol. The van der Waals surface area contributed by atoms with E-state index in [1.807, 2.05) is 12.2 Å². The molecule has 2 fully saturated rings. The van der Waals surface area contributed by atoms with Crippen LogP contribution in [0.5, 0.6) is 0 Å². The number of allylic oxidation sites excluding steroid dienone is 1. The Morgan fingerprint density at radius 2 is 1.91 bits per heavy atom. The Bertz CT molecular complexity index is 1440. The maximum Gasteiger partial charge on any atom is 0.408 e. The number of hydrogen-bond acceptors (Lipinski definition) is 8. The maximum absolute atomic E-state index is 14.1. The lowest BCUT2D eigenvalue weighted by atomic mass is 10.0. The Balaban J connectivity index is 1.44. The monoisotopic (exact) mass is 611 g/mol. The number of hydrogen-bond donors (Lipinski definition) is 3. The van der Waals surface area contributed by atoms with Gasteiger partial charge in [0, 0.05) is 24.4 Å². The van der Waals surface area contributed by atoms with Crippen molar-refractivity contribution in [3.05, 3.63) is 42.2 Å². The largest absolute Gasteiger partial charge is 0.479 e. The van der Waals surface area contributed by atoms with Gasteiger partial charge in [0.1, 0.15) is 29.0 Å². The van der Waals surface area contributed by atoms with Gasteiger partial charge in [0.05, 0.1) is 6.04 Å². The number of nitrogens with zero attached hydrogens (tertiary/aromatic N) is 5. The van der Waals surface area contributed by atoms with Crippen molar-refractivity contribution in [2.24, 2.45) is 5.92 Å². The second-order valence-electron chi connectivity index (χ2n) is 12.7. The van der Waals surface area contributed by atoms with Crippen molar-refractivity contribution in [2.75, 3.05) is 6.54 Å². The van der Waals surface area contributed by atoms with Gasteiger partial charge >= 0.3 is 12.1 Å². The topological polar surface area (TPSA) is 169 Å². The minimum Gasteiger partial charge on any atom is -0.479 e. The van der Waals surface area contributed by atoms with Crippen LogP contribution in [-0.2, 0) is 19.1 Å². The Morgan fingerprint density at radius 1 is 1.16 bits per heavy atom. The average Bonchev–Trinajstić information content (AvgIpc) is 3.26. The number of alkyl carbamates (subject to hydrolysis) is 1. The smallest absolute Gasteiger partial charge is 0.408 e. The molecule has 3 amide bonds. The number of fused-ring (bicyclic) bond motifs is 2. The number of tetrazole rings is 1. The van der Waals surface area contributed by atoms with Gasteiger partial charge in [-0.05, 0) is 75.9 Å². The molecule has 2 aliphatic heterocycles. The van der Waals surface area contributed by atoms with Crippen LogP contribution in [0.2, 0.25) is 0 Å². The zero-order valence-corrected chi connectivity index (χ0v) is 25.0. The van der Waals surface area contributed by atoms with Crippen molar-refractivity contribution in [2.45, 2.75) is 95.0 Å². The summed E-state index contributed by atoms with van der Waals surface area (Å²) < 4.78 is 18.8. The molecule has 2 aromatic rings. The number of benzene rings is 1. The SMILES string of the molecule is CC(C)(C)OC(=O)N[C@@H]1CCCCCC=C[C@@H]2C[C@]2(C(=O)O)NC(=O)[C@@H]2C[C@H](n3nnc(-c4ccc(F)cc4)n3)CN2C1=O. The second kappa shape index (κ2) is 12.3. The second-order valence-corrected chi connectivity index (χ2v) is 12.7. The summed E-state index contributed by atoms with van der Waals surface area (Å²) in [5, 5.41) is 28.1. The number of rotatable bonds is 4. The highest BCUT2D eigenvalue weighted by Crippen LogP contribution is 2.45. The van der Waals surface area contributed by atoms with Gasteiger partial charge in [0.25, 0.3) is 0 Å². The van der Waals surface area contributed by atoms with Crippen molar-refractivity contribution in [3.63, 3.8) is 0 Å². The zero-order chi connectivity index (χ0) is 31.6. The number of aliphatic carboxylic acids is 1. The summed E-state index contributed by atoms with van der Waals surface area (Å²) in [6.07, 6.45) is 6.70. The fourth-order valence-corrected chi connectivity index (χ4v) is 5.79. The number of halogens is 1. The van der Waals surface area contributed by atoms with Crippen molar-refractivity contribution in [1.82, 2.24) is 35.7 Å². The fourth-order valence-electron chi connectivity index (χ4n) is 5.79. The molecule has 0 unspecified atom stereocenters. The normalized spacial score (nSPS) is 27.8. The molecular weight excluding hydrogens is 573 g/mol. The summed E-state index contributed by atoms with van der Waals surface area (Å²) >= 11 is 0. The van der Waals surface area contributed by atoms with Crippen LogP contribution in [0, 0.1) is 11.7 Å². The number of nitrogens with one attached hydrogen (secondary N) is 2. The predicted octanol–water partition coefficient (Wildman–Crippen LogP) is 2.99. The first-order chi connectivity index (χ1) is 20.9. The molecule has 0 spiro atoms. The highest BCUT2D eigenvalue weighted by molar-refractivity contribution is 5.96. The standard InChI is InChI=1S/C30H38FN7O6/c1-29(2,3)44-28(43)32-22-10-8-6-4-5-7-9-19-16-30(19,27(41)42)33-25(39)23-15-21(17-37(23)26(22)40)38-35-24(34-36-38)18-11-13-20(31)14-12-18/h7,9,11-14,19,21-23H,4-6,8,10,15-17H2,1-3H3,(H,32,43)(H,33,39)(H,41,42)/t19-,21+,22-,23+,30+/m1/s1. The van der Waals surface area contributed by atoms with E-state index < -0.39 is 59.0 Å². The first kappa shape index (κ1) is 31.1. The first-order valence-corrected chi connectivity index (χ1v) is 14.9. The molecule has 13 nitrogen and oxygen atoms in total.